The van der Waals surface area contributed by atoms with Gasteiger partial charge in [-0.3, -0.25) is 4.99 Å². The number of hydrogen-bond acceptors (Lipinski definition) is 2. The lowest BCUT2D eigenvalue weighted by molar-refractivity contribution is 0.411. The molecule has 1 rings (SSSR count). The summed E-state index contributed by atoms with van der Waals surface area (Å²) in [4.78, 5) is 6.69. The van der Waals surface area contributed by atoms with Crippen LogP contribution in [-0.4, -0.2) is 36.9 Å². The molecule has 1 heterocycles. The van der Waals surface area contributed by atoms with Crippen LogP contribution in [0.5, 0.6) is 0 Å². The van der Waals surface area contributed by atoms with E-state index in [0.717, 1.165) is 31.8 Å². The number of nitrogens with two attached hydrogens (primary N) is 1. The Kier molecular flexibility index (Phi) is 2.88. The van der Waals surface area contributed by atoms with E-state index in [0.29, 0.717) is 6.04 Å². The Morgan fingerprint density at radius 3 is 2.91 bits per heavy atom. The van der Waals surface area contributed by atoms with Gasteiger partial charge in [-0.25, -0.2) is 0 Å². The van der Waals surface area contributed by atoms with Gasteiger partial charge in [0.25, 0.3) is 0 Å². The Balaban J connectivity index is 2.38. The molecule has 2 N–H and O–H groups in total. The highest BCUT2D eigenvalue weighted by atomic mass is 15.1. The summed E-state index contributed by atoms with van der Waals surface area (Å²) in [5, 5.41) is 0. The predicted octanol–water partition coefficient (Wildman–Crippen LogP) is 0.458. The molecule has 11 heavy (non-hydrogen) atoms. The van der Waals surface area contributed by atoms with Gasteiger partial charge in [-0.1, -0.05) is 6.92 Å². The largest absolute Gasteiger partial charge is 0.387 e. The van der Waals surface area contributed by atoms with Crippen LogP contribution in [0, 0.1) is 0 Å². The average molecular weight is 155 g/mol. The molecule has 0 spiro atoms. The van der Waals surface area contributed by atoms with E-state index < -0.39 is 0 Å². The number of nitrogens with zero attached hydrogens (tertiary/aromatic N) is 2. The van der Waals surface area contributed by atoms with Crippen LogP contribution in [0.4, 0.5) is 0 Å². The van der Waals surface area contributed by atoms with Gasteiger partial charge < -0.3 is 10.6 Å². The second-order valence-corrected chi connectivity index (χ2v) is 3.18. The number of amidine groups is 1. The molecule has 0 radical (unpaired) electrons. The van der Waals surface area contributed by atoms with Gasteiger partial charge in [-0.2, -0.15) is 0 Å². The quantitative estimate of drug-likeness (QED) is 0.465. The molecule has 1 fully saturated rings. The lowest BCUT2D eigenvalue weighted by atomic mass is 10.3. The lowest BCUT2D eigenvalue weighted by Crippen LogP contribution is -2.19. The Morgan fingerprint density at radius 2 is 2.45 bits per heavy atom. The van der Waals surface area contributed by atoms with Gasteiger partial charge in [-0.05, 0) is 20.0 Å². The third-order valence-corrected chi connectivity index (χ3v) is 2.08. The molecular formula is C8H17N3. The molecule has 1 aliphatic rings. The third-order valence-electron chi connectivity index (χ3n) is 2.08. The molecule has 3 nitrogen and oxygen atoms in total. The van der Waals surface area contributed by atoms with Crippen molar-refractivity contribution in [3.05, 3.63) is 0 Å². The van der Waals surface area contributed by atoms with Gasteiger partial charge in [0.15, 0.2) is 0 Å². The van der Waals surface area contributed by atoms with Gasteiger partial charge in [0.05, 0.1) is 11.9 Å². The van der Waals surface area contributed by atoms with Crippen molar-refractivity contribution in [2.75, 3.05) is 20.1 Å². The van der Waals surface area contributed by atoms with Crippen LogP contribution in [0.1, 0.15) is 19.8 Å². The van der Waals surface area contributed by atoms with Gasteiger partial charge >= 0.3 is 0 Å². The Hall–Kier alpha value is -0.570. The van der Waals surface area contributed by atoms with Crippen LogP contribution in [0.2, 0.25) is 0 Å². The summed E-state index contributed by atoms with van der Waals surface area (Å²) in [5.41, 5.74) is 5.63. The van der Waals surface area contributed by atoms with Crippen molar-refractivity contribution in [2.24, 2.45) is 10.7 Å². The Labute approximate surface area is 68.3 Å². The minimum absolute atomic E-state index is 0.458. The maximum absolute atomic E-state index is 5.63. The molecule has 0 aromatic heterocycles. The summed E-state index contributed by atoms with van der Waals surface area (Å²) in [6.07, 6.45) is 2.04. The van der Waals surface area contributed by atoms with Crippen molar-refractivity contribution >= 4 is 5.84 Å². The number of rotatable bonds is 2. The van der Waals surface area contributed by atoms with Gasteiger partial charge in [0, 0.05) is 13.0 Å². The fraction of sp³-hybridized carbons (Fsp3) is 0.875. The monoisotopic (exact) mass is 155 g/mol. The van der Waals surface area contributed by atoms with Crippen molar-refractivity contribution in [3.8, 4) is 0 Å². The Morgan fingerprint density at radius 1 is 1.73 bits per heavy atom. The zero-order chi connectivity index (χ0) is 8.27. The third kappa shape index (κ3) is 2.50. The van der Waals surface area contributed by atoms with E-state index in [4.69, 9.17) is 5.73 Å². The first-order chi connectivity index (χ1) is 5.22. The number of likely N-dealkylation sites (tertiary alicyclic amines) is 1. The van der Waals surface area contributed by atoms with E-state index in [2.05, 4.69) is 16.9 Å². The molecule has 0 aliphatic carbocycles. The fourth-order valence-corrected chi connectivity index (χ4v) is 1.34. The number of hydrogen-bond donors (Lipinski definition) is 1. The van der Waals surface area contributed by atoms with Gasteiger partial charge in [0.1, 0.15) is 0 Å². The summed E-state index contributed by atoms with van der Waals surface area (Å²) >= 11 is 0. The first kappa shape index (κ1) is 8.53. The first-order valence-electron chi connectivity index (χ1n) is 4.23. The molecule has 0 aromatic rings. The molecule has 1 unspecified atom stereocenters. The van der Waals surface area contributed by atoms with Crippen LogP contribution >= 0.6 is 0 Å². The van der Waals surface area contributed by atoms with E-state index in [1.807, 2.05) is 6.92 Å². The molecule has 0 saturated carbocycles. The van der Waals surface area contributed by atoms with Crippen LogP contribution in [0.3, 0.4) is 0 Å². The summed E-state index contributed by atoms with van der Waals surface area (Å²) in [5.74, 6) is 0.797. The molecule has 3 heteroatoms. The maximum Gasteiger partial charge on any atom is 0.0938 e. The standard InChI is InChI=1S/C8H17N3/c1-3-8(9)10-7-4-5-11(2)6-7/h7H,3-6H2,1-2H3,(H2,9,10). The highest BCUT2D eigenvalue weighted by Gasteiger charge is 2.17. The molecule has 0 bridgehead atoms. The van der Waals surface area contributed by atoms with E-state index >= 15 is 0 Å². The summed E-state index contributed by atoms with van der Waals surface area (Å²) in [6.45, 7) is 4.27. The topological polar surface area (TPSA) is 41.6 Å². The van der Waals surface area contributed by atoms with Crippen LogP contribution in [0.25, 0.3) is 0 Å². The highest BCUT2D eigenvalue weighted by molar-refractivity contribution is 5.80. The van der Waals surface area contributed by atoms with E-state index in [9.17, 15) is 0 Å². The predicted molar refractivity (Wildman–Crippen MR) is 47.8 cm³/mol. The van der Waals surface area contributed by atoms with Crippen molar-refractivity contribution in [1.29, 1.82) is 0 Å². The first-order valence-corrected chi connectivity index (χ1v) is 4.23. The van der Waals surface area contributed by atoms with Crippen molar-refractivity contribution in [1.82, 2.24) is 4.90 Å². The molecular weight excluding hydrogens is 138 g/mol. The smallest absolute Gasteiger partial charge is 0.0938 e. The minimum atomic E-state index is 0.458. The number of aliphatic imine (C=N–C) groups is 1. The lowest BCUT2D eigenvalue weighted by Gasteiger charge is -2.06. The minimum Gasteiger partial charge on any atom is -0.387 e. The molecule has 64 valence electrons. The molecule has 0 aromatic carbocycles. The van der Waals surface area contributed by atoms with Crippen LogP contribution < -0.4 is 5.73 Å². The maximum atomic E-state index is 5.63. The summed E-state index contributed by atoms with van der Waals surface area (Å²) < 4.78 is 0. The van der Waals surface area contributed by atoms with Crippen LogP contribution in [-0.2, 0) is 0 Å². The second-order valence-electron chi connectivity index (χ2n) is 3.18. The number of likely N-dealkylation sites (N-methyl/N-ethyl adjacent to an activating group) is 1. The fourth-order valence-electron chi connectivity index (χ4n) is 1.34. The zero-order valence-electron chi connectivity index (χ0n) is 7.38. The van der Waals surface area contributed by atoms with Crippen molar-refractivity contribution in [3.63, 3.8) is 0 Å². The molecule has 1 aliphatic heterocycles. The molecule has 1 saturated heterocycles. The molecule has 1 atom stereocenters. The summed E-state index contributed by atoms with van der Waals surface area (Å²) in [7, 11) is 2.12. The highest BCUT2D eigenvalue weighted by Crippen LogP contribution is 2.09. The molecule has 0 amide bonds. The summed E-state index contributed by atoms with van der Waals surface area (Å²) in [6, 6.07) is 0.458. The van der Waals surface area contributed by atoms with Crippen LogP contribution in [0.15, 0.2) is 4.99 Å². The van der Waals surface area contributed by atoms with Crippen molar-refractivity contribution in [2.45, 2.75) is 25.8 Å². The normalized spacial score (nSPS) is 27.8. The van der Waals surface area contributed by atoms with E-state index in [-0.39, 0.29) is 0 Å². The zero-order valence-corrected chi connectivity index (χ0v) is 7.38. The van der Waals surface area contributed by atoms with Gasteiger partial charge in [0.2, 0.25) is 0 Å². The van der Waals surface area contributed by atoms with E-state index in [1.165, 1.54) is 0 Å². The SMILES string of the molecule is CCC(N)=NC1CCN(C)C1. The Bertz CT molecular complexity index is 153. The van der Waals surface area contributed by atoms with E-state index in [1.54, 1.807) is 0 Å². The second kappa shape index (κ2) is 3.72. The average Bonchev–Trinajstić information content (AvgIpc) is 2.35. The van der Waals surface area contributed by atoms with Crippen molar-refractivity contribution < 1.29 is 0 Å². The van der Waals surface area contributed by atoms with Gasteiger partial charge in [-0.15, -0.1) is 0 Å².